The molecule has 0 atom stereocenters. The fraction of sp³-hybridized carbons (Fsp3) is 0.242. The number of fused-ring (bicyclic) bond motifs is 1. The third-order valence-corrected chi connectivity index (χ3v) is 9.29. The maximum absolute atomic E-state index is 14.0. The fourth-order valence-corrected chi connectivity index (χ4v) is 5.97. The molecule has 0 spiro atoms. The summed E-state index contributed by atoms with van der Waals surface area (Å²) in [6.45, 7) is 0.824. The van der Waals surface area contributed by atoms with Crippen molar-refractivity contribution in [1.29, 1.82) is 0 Å². The van der Waals surface area contributed by atoms with E-state index < -0.39 is 10.0 Å². The molecule has 5 aromatic rings. The average Bonchev–Trinajstić information content (AvgIpc) is 3.54. The molecule has 0 radical (unpaired) electrons. The zero-order chi connectivity index (χ0) is 32.5. The molecule has 1 amide bonds. The van der Waals surface area contributed by atoms with Crippen molar-refractivity contribution in [3.63, 3.8) is 0 Å². The van der Waals surface area contributed by atoms with E-state index in [-0.39, 0.29) is 29.8 Å². The van der Waals surface area contributed by atoms with E-state index in [9.17, 15) is 9.59 Å². The number of hydrogen-bond acceptors (Lipinski definition) is 6. The molecular formula is C33H35BrClN5O4S. The van der Waals surface area contributed by atoms with Crippen LogP contribution < -0.4 is 10.5 Å². The van der Waals surface area contributed by atoms with Crippen molar-refractivity contribution < 1.29 is 19.1 Å². The predicted molar refractivity (Wildman–Crippen MR) is 187 cm³/mol. The lowest BCUT2D eigenvalue weighted by atomic mass is 10.1. The van der Waals surface area contributed by atoms with Crippen molar-refractivity contribution in [3.8, 4) is 17.2 Å². The van der Waals surface area contributed by atoms with Gasteiger partial charge in [-0.1, -0.05) is 39.7 Å². The SMILES string of the molecule is CN(C)C(=O)c1ccccc1Oc1ccc(-n2ncc(C(=O)c3cc4cc(Br)ccc4n3COCCS(C)(C)C)c2N)c(Cl)c1. The van der Waals surface area contributed by atoms with E-state index in [1.807, 2.05) is 28.8 Å². The zero-order valence-corrected chi connectivity index (χ0v) is 28.9. The number of nitrogen functional groups attached to an aromatic ring is 1. The lowest BCUT2D eigenvalue weighted by Crippen LogP contribution is -2.22. The molecule has 2 aromatic heterocycles. The van der Waals surface area contributed by atoms with Gasteiger partial charge in [-0.05, 0) is 67.3 Å². The van der Waals surface area contributed by atoms with Gasteiger partial charge in [-0.15, -0.1) is 0 Å². The number of carbonyl (C=O) groups is 2. The summed E-state index contributed by atoms with van der Waals surface area (Å²) in [6.07, 6.45) is 8.18. The lowest BCUT2D eigenvalue weighted by molar-refractivity contribution is 0.0824. The number of ether oxygens (including phenoxy) is 2. The Bertz CT molecular complexity index is 1900. The topological polar surface area (TPSA) is 105 Å². The van der Waals surface area contributed by atoms with Crippen LogP contribution in [0.5, 0.6) is 11.5 Å². The molecule has 0 aliphatic heterocycles. The maximum Gasteiger partial charge on any atom is 0.257 e. The maximum atomic E-state index is 14.0. The van der Waals surface area contributed by atoms with Gasteiger partial charge in [0.25, 0.3) is 5.91 Å². The molecule has 12 heteroatoms. The van der Waals surface area contributed by atoms with Gasteiger partial charge < -0.3 is 24.7 Å². The molecule has 236 valence electrons. The molecule has 0 unspecified atom stereocenters. The van der Waals surface area contributed by atoms with Crippen LogP contribution in [0.15, 0.2) is 77.4 Å². The van der Waals surface area contributed by atoms with E-state index in [0.717, 1.165) is 21.1 Å². The van der Waals surface area contributed by atoms with Gasteiger partial charge in [0.1, 0.15) is 24.0 Å². The highest BCUT2D eigenvalue weighted by molar-refractivity contribution is 9.10. The summed E-state index contributed by atoms with van der Waals surface area (Å²) in [7, 11) is 2.65. The van der Waals surface area contributed by atoms with Crippen molar-refractivity contribution in [2.75, 3.05) is 51.0 Å². The van der Waals surface area contributed by atoms with E-state index in [1.165, 1.54) is 15.8 Å². The first-order valence-corrected chi connectivity index (χ1v) is 18.2. The summed E-state index contributed by atoms with van der Waals surface area (Å²) < 4.78 is 16.3. The molecule has 0 saturated carbocycles. The highest BCUT2D eigenvalue weighted by Crippen LogP contribution is 2.35. The largest absolute Gasteiger partial charge is 0.456 e. The first kappa shape index (κ1) is 32.6. The van der Waals surface area contributed by atoms with E-state index in [2.05, 4.69) is 39.8 Å². The lowest BCUT2D eigenvalue weighted by Gasteiger charge is -2.24. The number of halogens is 2. The average molecular weight is 713 g/mol. The van der Waals surface area contributed by atoms with E-state index in [0.29, 0.717) is 40.1 Å². The van der Waals surface area contributed by atoms with Crippen molar-refractivity contribution in [2.24, 2.45) is 0 Å². The Morgan fingerprint density at radius 2 is 1.78 bits per heavy atom. The molecular weight excluding hydrogens is 678 g/mol. The molecule has 3 aromatic carbocycles. The second-order valence-corrected chi connectivity index (χ2v) is 17.5. The zero-order valence-electron chi connectivity index (χ0n) is 25.7. The molecule has 2 N–H and O–H groups in total. The number of hydrogen-bond donors (Lipinski definition) is 1. The second kappa shape index (κ2) is 13.3. The number of ketones is 1. The Kier molecular flexibility index (Phi) is 9.64. The number of amides is 1. The summed E-state index contributed by atoms with van der Waals surface area (Å²) in [5, 5.41) is 5.61. The smallest absolute Gasteiger partial charge is 0.257 e. The molecule has 45 heavy (non-hydrogen) atoms. The van der Waals surface area contributed by atoms with Crippen LogP contribution in [0.1, 0.15) is 26.4 Å². The standard InChI is InChI=1S/C33H35BrClN5O4S/c1-38(2)33(42)24-8-6-7-9-30(24)44-23-11-13-28(26(35)18-23)40-32(36)25(19-37-40)31(41)29-17-21-16-22(34)10-12-27(21)39(29)20-43-14-15-45(3,4)5/h6-13,16-19H,14-15,20,36H2,1-5H3. The Hall–Kier alpha value is -3.77. The number of nitrogens with zero attached hydrogens (tertiary/aromatic N) is 4. The Labute approximate surface area is 277 Å². The summed E-state index contributed by atoms with van der Waals surface area (Å²) in [5.74, 6) is 1.47. The van der Waals surface area contributed by atoms with E-state index in [1.54, 1.807) is 56.6 Å². The Balaban J connectivity index is 1.42. The van der Waals surface area contributed by atoms with E-state index in [4.69, 9.17) is 26.8 Å². The monoisotopic (exact) mass is 711 g/mol. The molecule has 0 bridgehead atoms. The van der Waals surface area contributed by atoms with Gasteiger partial charge in [0.05, 0.1) is 45.9 Å². The molecule has 2 heterocycles. The van der Waals surface area contributed by atoms with Crippen LogP contribution in [0.3, 0.4) is 0 Å². The second-order valence-electron chi connectivity index (χ2n) is 11.6. The number of para-hydroxylation sites is 1. The number of anilines is 1. The van der Waals surface area contributed by atoms with Crippen LogP contribution in [0.2, 0.25) is 5.02 Å². The van der Waals surface area contributed by atoms with Crippen molar-refractivity contribution >= 4 is 66.0 Å². The van der Waals surface area contributed by atoms with Gasteiger partial charge in [-0.2, -0.15) is 5.10 Å². The minimum absolute atomic E-state index is 0.146. The minimum Gasteiger partial charge on any atom is -0.456 e. The van der Waals surface area contributed by atoms with Crippen LogP contribution >= 0.6 is 37.6 Å². The van der Waals surface area contributed by atoms with Gasteiger partial charge in [0.2, 0.25) is 5.78 Å². The van der Waals surface area contributed by atoms with Crippen LogP contribution in [0.25, 0.3) is 16.6 Å². The highest BCUT2D eigenvalue weighted by atomic mass is 79.9. The molecule has 0 fully saturated rings. The number of nitrogens with two attached hydrogens (primary N) is 1. The van der Waals surface area contributed by atoms with Crippen LogP contribution in [-0.2, 0) is 11.5 Å². The Morgan fingerprint density at radius 1 is 1.02 bits per heavy atom. The van der Waals surface area contributed by atoms with E-state index >= 15 is 0 Å². The summed E-state index contributed by atoms with van der Waals surface area (Å²) in [6, 6.07) is 19.7. The van der Waals surface area contributed by atoms with Crippen LogP contribution in [0, 0.1) is 0 Å². The third-order valence-electron chi connectivity index (χ3n) is 7.11. The predicted octanol–water partition coefficient (Wildman–Crippen LogP) is 7.22. The minimum atomic E-state index is -0.712. The van der Waals surface area contributed by atoms with Gasteiger partial charge >= 0.3 is 0 Å². The molecule has 0 saturated heterocycles. The summed E-state index contributed by atoms with van der Waals surface area (Å²) >= 11 is 10.2. The van der Waals surface area contributed by atoms with Crippen molar-refractivity contribution in [2.45, 2.75) is 6.73 Å². The van der Waals surface area contributed by atoms with Gasteiger partial charge in [-0.3, -0.25) is 9.59 Å². The fourth-order valence-electron chi connectivity index (χ4n) is 4.72. The third kappa shape index (κ3) is 7.22. The summed E-state index contributed by atoms with van der Waals surface area (Å²) in [5.41, 5.74) is 8.98. The van der Waals surface area contributed by atoms with Crippen molar-refractivity contribution in [3.05, 3.63) is 99.2 Å². The van der Waals surface area contributed by atoms with Crippen molar-refractivity contribution in [1.82, 2.24) is 19.2 Å². The first-order chi connectivity index (χ1) is 21.3. The highest BCUT2D eigenvalue weighted by Gasteiger charge is 2.24. The van der Waals surface area contributed by atoms with Crippen LogP contribution in [-0.4, -0.2) is 76.2 Å². The molecule has 5 rings (SSSR count). The Morgan fingerprint density at radius 3 is 2.49 bits per heavy atom. The molecule has 0 aliphatic carbocycles. The molecule has 9 nitrogen and oxygen atoms in total. The first-order valence-electron chi connectivity index (χ1n) is 14.0. The van der Waals surface area contributed by atoms with Crippen LogP contribution in [0.4, 0.5) is 5.82 Å². The number of aromatic nitrogens is 3. The van der Waals surface area contributed by atoms with Gasteiger partial charge in [0.15, 0.2) is 0 Å². The normalized spacial score (nSPS) is 12.0. The summed E-state index contributed by atoms with van der Waals surface area (Å²) in [4.78, 5) is 28.0. The van der Waals surface area contributed by atoms with Gasteiger partial charge in [-0.25, -0.2) is 14.7 Å². The number of rotatable bonds is 11. The van der Waals surface area contributed by atoms with Gasteiger partial charge in [0, 0.05) is 35.8 Å². The molecule has 0 aliphatic rings. The number of carbonyl (C=O) groups excluding carboxylic acids is 2. The number of benzene rings is 3. The quantitative estimate of drug-likeness (QED) is 0.115.